The van der Waals surface area contributed by atoms with Gasteiger partial charge in [0.1, 0.15) is 38.5 Å². The number of rotatable bonds is 6. The molecule has 5 heteroatoms. The molecule has 118 valence electrons. The smallest absolute Gasteiger partial charge is 0.158 e. The summed E-state index contributed by atoms with van der Waals surface area (Å²) in [7, 11) is 0. The van der Waals surface area contributed by atoms with Crippen LogP contribution in [-0.4, -0.2) is 39.4 Å². The van der Waals surface area contributed by atoms with Crippen LogP contribution in [0.5, 0.6) is 0 Å². The molecule has 0 atom stereocenters. The first-order valence-electron chi connectivity index (χ1n) is 7.89. The third-order valence-electron chi connectivity index (χ3n) is 4.04. The molecule has 1 aliphatic rings. The van der Waals surface area contributed by atoms with Crippen LogP contribution in [-0.2, 0) is 11.3 Å². The highest BCUT2D eigenvalue weighted by molar-refractivity contribution is 6.30. The summed E-state index contributed by atoms with van der Waals surface area (Å²) < 4.78 is 11.3. The van der Waals surface area contributed by atoms with Gasteiger partial charge in [0.2, 0.25) is 0 Å². The Hall–Kier alpha value is -1.33. The van der Waals surface area contributed by atoms with E-state index < -0.39 is 0 Å². The van der Waals surface area contributed by atoms with Crippen molar-refractivity contribution in [3.05, 3.63) is 47.2 Å². The minimum Gasteiger partial charge on any atom is -0.455 e. The normalized spacial score (nSPS) is 16.0. The molecule has 1 fully saturated rings. The number of ether oxygens (including phenoxy) is 1. The van der Waals surface area contributed by atoms with Crippen LogP contribution in [0.25, 0.3) is 11.3 Å². The summed E-state index contributed by atoms with van der Waals surface area (Å²) in [5, 5.41) is 3.06. The number of nitrogens with two attached hydrogens (primary N) is 1. The zero-order valence-electron chi connectivity index (χ0n) is 12.7. The zero-order chi connectivity index (χ0) is 15.2. The van der Waals surface area contributed by atoms with Crippen molar-refractivity contribution >= 4 is 11.6 Å². The molecule has 2 aromatic rings. The Labute approximate surface area is 136 Å². The van der Waals surface area contributed by atoms with Gasteiger partial charge in [-0.25, -0.2) is 0 Å². The predicted molar refractivity (Wildman–Crippen MR) is 86.0 cm³/mol. The number of hydrogen-bond donors (Lipinski definition) is 2. The molecule has 2 heterocycles. The van der Waals surface area contributed by atoms with E-state index in [4.69, 9.17) is 20.8 Å². The fourth-order valence-corrected chi connectivity index (χ4v) is 2.84. The first-order chi connectivity index (χ1) is 10.8. The molecule has 0 aliphatic carbocycles. The molecule has 1 aliphatic heterocycles. The van der Waals surface area contributed by atoms with Crippen molar-refractivity contribution in [2.75, 3.05) is 39.4 Å². The second-order valence-electron chi connectivity index (χ2n) is 5.67. The molecular weight excluding hydrogens is 300 g/mol. The number of morpholine rings is 1. The average molecular weight is 323 g/mol. The van der Waals surface area contributed by atoms with Gasteiger partial charge < -0.3 is 19.4 Å². The largest absolute Gasteiger partial charge is 0.455 e. The molecule has 3 N–H and O–H groups in total. The number of quaternary nitrogens is 2. The standard InChI is InChI=1S/C17H21ClN2O2/c18-15-3-1-14(2-4-15)17-6-5-16(22-17)13-19-7-8-20-9-11-21-12-10-20/h1-6,19H,7-13H2/p+2. The molecule has 0 amide bonds. The minimum absolute atomic E-state index is 0.745. The second kappa shape index (κ2) is 7.79. The molecule has 4 nitrogen and oxygen atoms in total. The molecule has 3 rings (SSSR count). The van der Waals surface area contributed by atoms with Gasteiger partial charge in [-0.05, 0) is 36.4 Å². The lowest BCUT2D eigenvalue weighted by molar-refractivity contribution is -0.920. The number of benzene rings is 1. The van der Waals surface area contributed by atoms with E-state index in [2.05, 4.69) is 11.4 Å². The van der Waals surface area contributed by atoms with Crippen LogP contribution in [0.2, 0.25) is 5.02 Å². The Morgan fingerprint density at radius 1 is 1.05 bits per heavy atom. The van der Waals surface area contributed by atoms with Crippen molar-refractivity contribution < 1.29 is 19.4 Å². The molecule has 0 radical (unpaired) electrons. The lowest BCUT2D eigenvalue weighted by atomic mass is 10.2. The van der Waals surface area contributed by atoms with Crippen LogP contribution >= 0.6 is 11.6 Å². The van der Waals surface area contributed by atoms with Gasteiger partial charge in [0, 0.05) is 10.6 Å². The number of halogens is 1. The topological polar surface area (TPSA) is 43.4 Å². The highest BCUT2D eigenvalue weighted by atomic mass is 35.5. The van der Waals surface area contributed by atoms with Gasteiger partial charge in [0.05, 0.1) is 13.2 Å². The zero-order valence-corrected chi connectivity index (χ0v) is 13.4. The molecule has 0 unspecified atom stereocenters. The SMILES string of the molecule is Clc1ccc(-c2ccc(C[NH2+]CC[NH+]3CCOCC3)o2)cc1. The van der Waals surface area contributed by atoms with E-state index in [1.807, 2.05) is 30.3 Å². The Kier molecular flexibility index (Phi) is 5.51. The molecule has 1 aromatic heterocycles. The Morgan fingerprint density at radius 3 is 2.59 bits per heavy atom. The van der Waals surface area contributed by atoms with Crippen LogP contribution in [0.4, 0.5) is 0 Å². The molecular formula is C17H23ClN2O2+2. The quantitative estimate of drug-likeness (QED) is 0.764. The van der Waals surface area contributed by atoms with E-state index in [1.165, 1.54) is 6.54 Å². The van der Waals surface area contributed by atoms with Gasteiger partial charge >= 0.3 is 0 Å². The second-order valence-corrected chi connectivity index (χ2v) is 6.10. The summed E-state index contributed by atoms with van der Waals surface area (Å²) in [6.45, 7) is 7.26. The highest BCUT2D eigenvalue weighted by Gasteiger charge is 2.14. The highest BCUT2D eigenvalue weighted by Crippen LogP contribution is 2.23. The summed E-state index contributed by atoms with van der Waals surface area (Å²) in [6, 6.07) is 11.8. The van der Waals surface area contributed by atoms with Crippen LogP contribution < -0.4 is 10.2 Å². The van der Waals surface area contributed by atoms with Gasteiger partial charge in [-0.2, -0.15) is 0 Å². The fraction of sp³-hybridized carbons (Fsp3) is 0.412. The Morgan fingerprint density at radius 2 is 1.82 bits per heavy atom. The molecule has 1 aromatic carbocycles. The lowest BCUT2D eigenvalue weighted by Crippen LogP contribution is -3.16. The van der Waals surface area contributed by atoms with Crippen molar-refractivity contribution in [2.45, 2.75) is 6.54 Å². The predicted octanol–water partition coefficient (Wildman–Crippen LogP) is 0.579. The van der Waals surface area contributed by atoms with Gasteiger partial charge in [-0.1, -0.05) is 11.6 Å². The summed E-state index contributed by atoms with van der Waals surface area (Å²) in [5.41, 5.74) is 1.06. The van der Waals surface area contributed by atoms with Crippen molar-refractivity contribution in [3.63, 3.8) is 0 Å². The molecule has 22 heavy (non-hydrogen) atoms. The number of nitrogens with one attached hydrogen (secondary N) is 1. The van der Waals surface area contributed by atoms with Gasteiger partial charge in [-0.15, -0.1) is 0 Å². The van der Waals surface area contributed by atoms with E-state index in [0.717, 1.165) is 61.5 Å². The maximum Gasteiger partial charge on any atom is 0.158 e. The van der Waals surface area contributed by atoms with E-state index in [0.29, 0.717) is 0 Å². The van der Waals surface area contributed by atoms with Crippen LogP contribution in [0.3, 0.4) is 0 Å². The van der Waals surface area contributed by atoms with Crippen molar-refractivity contribution in [2.24, 2.45) is 0 Å². The van der Waals surface area contributed by atoms with Gasteiger partial charge in [0.25, 0.3) is 0 Å². The molecule has 0 bridgehead atoms. The van der Waals surface area contributed by atoms with E-state index in [1.54, 1.807) is 4.90 Å². The third-order valence-corrected chi connectivity index (χ3v) is 4.29. The maximum atomic E-state index is 5.91. The van der Waals surface area contributed by atoms with E-state index >= 15 is 0 Å². The lowest BCUT2D eigenvalue weighted by Gasteiger charge is -2.22. The van der Waals surface area contributed by atoms with Crippen molar-refractivity contribution in [1.29, 1.82) is 0 Å². The molecule has 1 saturated heterocycles. The molecule has 0 spiro atoms. The summed E-state index contributed by atoms with van der Waals surface area (Å²) in [4.78, 5) is 1.64. The van der Waals surface area contributed by atoms with E-state index in [9.17, 15) is 0 Å². The number of hydrogen-bond acceptors (Lipinski definition) is 2. The average Bonchev–Trinajstić information content (AvgIpc) is 3.02. The van der Waals surface area contributed by atoms with Crippen molar-refractivity contribution in [1.82, 2.24) is 0 Å². The van der Waals surface area contributed by atoms with Crippen LogP contribution in [0, 0.1) is 0 Å². The van der Waals surface area contributed by atoms with Gasteiger partial charge in [-0.3, -0.25) is 0 Å². The van der Waals surface area contributed by atoms with Gasteiger partial charge in [0.15, 0.2) is 5.76 Å². The maximum absolute atomic E-state index is 5.91. The third kappa shape index (κ3) is 4.34. The molecule has 0 saturated carbocycles. The van der Waals surface area contributed by atoms with Crippen LogP contribution in [0.15, 0.2) is 40.8 Å². The number of furan rings is 1. The fourth-order valence-electron chi connectivity index (χ4n) is 2.72. The Balaban J connectivity index is 1.44. The van der Waals surface area contributed by atoms with Crippen LogP contribution in [0.1, 0.15) is 5.76 Å². The Bertz CT molecular complexity index is 577. The summed E-state index contributed by atoms with van der Waals surface area (Å²) in [6.07, 6.45) is 0. The minimum atomic E-state index is 0.745. The summed E-state index contributed by atoms with van der Waals surface area (Å²) in [5.74, 6) is 1.92. The van der Waals surface area contributed by atoms with Crippen molar-refractivity contribution in [3.8, 4) is 11.3 Å². The van der Waals surface area contributed by atoms with E-state index in [-0.39, 0.29) is 0 Å². The first kappa shape index (κ1) is 15.6. The summed E-state index contributed by atoms with van der Waals surface area (Å²) >= 11 is 5.91. The monoisotopic (exact) mass is 322 g/mol. The first-order valence-corrected chi connectivity index (χ1v) is 8.27.